The molecule has 0 saturated heterocycles. The summed E-state index contributed by atoms with van der Waals surface area (Å²) in [5, 5.41) is 32.1. The lowest BCUT2D eigenvalue weighted by atomic mass is 9.95. The van der Waals surface area contributed by atoms with Gasteiger partial charge in [0, 0.05) is 6.54 Å². The van der Waals surface area contributed by atoms with E-state index in [0.717, 1.165) is 11.1 Å². The zero-order chi connectivity index (χ0) is 19.8. The van der Waals surface area contributed by atoms with E-state index in [4.69, 9.17) is 4.74 Å². The molecule has 2 rings (SSSR count). The molecule has 0 aliphatic carbocycles. The van der Waals surface area contributed by atoms with Crippen LogP contribution in [0.3, 0.4) is 0 Å². The lowest BCUT2D eigenvalue weighted by molar-refractivity contribution is 0.0127. The molecule has 0 fully saturated rings. The number of carboxylic acids is 1. The van der Waals surface area contributed by atoms with Crippen LogP contribution in [0.15, 0.2) is 48.5 Å². The van der Waals surface area contributed by atoms with E-state index in [2.05, 4.69) is 5.32 Å². The van der Waals surface area contributed by atoms with Crippen LogP contribution in [0.5, 0.6) is 0 Å². The Morgan fingerprint density at radius 3 is 2.48 bits per heavy atom. The van der Waals surface area contributed by atoms with Crippen molar-refractivity contribution < 1.29 is 29.6 Å². The maximum Gasteiger partial charge on any atom is 0.407 e. The van der Waals surface area contributed by atoms with Crippen LogP contribution in [0.4, 0.5) is 4.79 Å². The van der Waals surface area contributed by atoms with Crippen molar-refractivity contribution in [2.24, 2.45) is 0 Å². The molecule has 0 aliphatic heterocycles. The number of amides is 1. The Labute approximate surface area is 157 Å². The van der Waals surface area contributed by atoms with Crippen molar-refractivity contribution in [3.05, 3.63) is 70.8 Å². The van der Waals surface area contributed by atoms with Gasteiger partial charge in [0.25, 0.3) is 0 Å². The summed E-state index contributed by atoms with van der Waals surface area (Å²) in [7, 11) is 0. The maximum atomic E-state index is 11.7. The van der Waals surface area contributed by atoms with Gasteiger partial charge >= 0.3 is 12.1 Å². The van der Waals surface area contributed by atoms with Crippen LogP contribution in [0.2, 0.25) is 0 Å². The molecule has 7 nitrogen and oxygen atoms in total. The molecule has 4 N–H and O–H groups in total. The van der Waals surface area contributed by atoms with Gasteiger partial charge in [-0.25, -0.2) is 9.59 Å². The summed E-state index contributed by atoms with van der Waals surface area (Å²) < 4.78 is 5.05. The SMILES string of the molecule is Cc1ccc(C(O)C(O)CCNC(=O)OCc2ccccc2)c(C(=O)O)c1. The smallest absolute Gasteiger partial charge is 0.407 e. The van der Waals surface area contributed by atoms with E-state index >= 15 is 0 Å². The topological polar surface area (TPSA) is 116 Å². The summed E-state index contributed by atoms with van der Waals surface area (Å²) in [6.07, 6.45) is -3.21. The van der Waals surface area contributed by atoms with Gasteiger partial charge in [-0.2, -0.15) is 0 Å². The third-order valence-corrected chi connectivity index (χ3v) is 4.04. The fourth-order valence-corrected chi connectivity index (χ4v) is 2.57. The molecule has 7 heteroatoms. The number of carbonyl (C=O) groups is 2. The summed E-state index contributed by atoms with van der Waals surface area (Å²) in [6, 6.07) is 13.8. The van der Waals surface area contributed by atoms with E-state index in [1.54, 1.807) is 13.0 Å². The molecule has 0 bridgehead atoms. The third kappa shape index (κ3) is 6.09. The quantitative estimate of drug-likeness (QED) is 0.565. The second kappa shape index (κ2) is 9.70. The molecule has 2 aromatic carbocycles. The average Bonchev–Trinajstić information content (AvgIpc) is 2.66. The predicted molar refractivity (Wildman–Crippen MR) is 98.4 cm³/mol. The first-order valence-corrected chi connectivity index (χ1v) is 8.53. The lowest BCUT2D eigenvalue weighted by Gasteiger charge is -2.20. The van der Waals surface area contributed by atoms with Crippen LogP contribution in [0.1, 0.15) is 39.6 Å². The number of benzene rings is 2. The standard InChI is InChI=1S/C20H23NO6/c1-13-7-8-15(16(11-13)19(24)25)18(23)17(22)9-10-21-20(26)27-12-14-5-3-2-4-6-14/h2-8,11,17-18,22-23H,9-10,12H2,1H3,(H,21,26)(H,24,25). The first-order valence-electron chi connectivity index (χ1n) is 8.53. The average molecular weight is 373 g/mol. The monoisotopic (exact) mass is 373 g/mol. The van der Waals surface area contributed by atoms with Gasteiger partial charge in [0.1, 0.15) is 12.7 Å². The number of aromatic carboxylic acids is 1. The lowest BCUT2D eigenvalue weighted by Crippen LogP contribution is -2.30. The summed E-state index contributed by atoms with van der Waals surface area (Å²) in [5.41, 5.74) is 1.66. The first-order chi connectivity index (χ1) is 12.9. The molecule has 2 unspecified atom stereocenters. The second-order valence-corrected chi connectivity index (χ2v) is 6.19. The Morgan fingerprint density at radius 1 is 1.11 bits per heavy atom. The normalized spacial score (nSPS) is 12.9. The summed E-state index contributed by atoms with van der Waals surface area (Å²) in [4.78, 5) is 23.0. The minimum Gasteiger partial charge on any atom is -0.478 e. The summed E-state index contributed by atoms with van der Waals surface area (Å²) in [5.74, 6) is -1.18. The van der Waals surface area contributed by atoms with E-state index in [1.165, 1.54) is 12.1 Å². The number of aliphatic hydroxyl groups excluding tert-OH is 2. The van der Waals surface area contributed by atoms with Crippen molar-refractivity contribution in [2.75, 3.05) is 6.54 Å². The van der Waals surface area contributed by atoms with E-state index in [-0.39, 0.29) is 30.7 Å². The number of alkyl carbamates (subject to hydrolysis) is 1. The molecule has 0 radical (unpaired) electrons. The molecule has 0 saturated carbocycles. The largest absolute Gasteiger partial charge is 0.478 e. The Bertz CT molecular complexity index is 777. The number of ether oxygens (including phenoxy) is 1. The van der Waals surface area contributed by atoms with Gasteiger partial charge in [-0.1, -0.05) is 48.0 Å². The number of aryl methyl sites for hydroxylation is 1. The molecule has 0 heterocycles. The molecule has 144 valence electrons. The Balaban J connectivity index is 1.82. The number of carbonyl (C=O) groups excluding carboxylic acids is 1. The highest BCUT2D eigenvalue weighted by Crippen LogP contribution is 2.24. The molecule has 0 aliphatic rings. The number of rotatable bonds is 8. The highest BCUT2D eigenvalue weighted by Gasteiger charge is 2.23. The fraction of sp³-hybridized carbons (Fsp3) is 0.300. The minimum atomic E-state index is -1.38. The van der Waals surface area contributed by atoms with Crippen LogP contribution in [-0.4, -0.2) is 40.0 Å². The van der Waals surface area contributed by atoms with E-state index < -0.39 is 24.3 Å². The Kier molecular flexibility index (Phi) is 7.34. The number of hydrogen-bond acceptors (Lipinski definition) is 5. The van der Waals surface area contributed by atoms with Crippen molar-refractivity contribution in [2.45, 2.75) is 32.2 Å². The van der Waals surface area contributed by atoms with Gasteiger partial charge in [0.2, 0.25) is 0 Å². The molecule has 2 atom stereocenters. The highest BCUT2D eigenvalue weighted by atomic mass is 16.5. The third-order valence-electron chi connectivity index (χ3n) is 4.04. The van der Waals surface area contributed by atoms with Crippen molar-refractivity contribution in [3.8, 4) is 0 Å². The van der Waals surface area contributed by atoms with Crippen LogP contribution in [0.25, 0.3) is 0 Å². The number of aliphatic hydroxyl groups is 2. The zero-order valence-corrected chi connectivity index (χ0v) is 15.0. The van der Waals surface area contributed by atoms with Crippen LogP contribution < -0.4 is 5.32 Å². The number of nitrogens with one attached hydrogen (secondary N) is 1. The van der Waals surface area contributed by atoms with Crippen molar-refractivity contribution in [3.63, 3.8) is 0 Å². The summed E-state index contributed by atoms with van der Waals surface area (Å²) in [6.45, 7) is 1.94. The van der Waals surface area contributed by atoms with E-state index in [0.29, 0.717) is 0 Å². The Morgan fingerprint density at radius 2 is 1.81 bits per heavy atom. The molecule has 27 heavy (non-hydrogen) atoms. The molecular formula is C20H23NO6. The molecule has 0 aromatic heterocycles. The molecular weight excluding hydrogens is 350 g/mol. The summed E-state index contributed by atoms with van der Waals surface area (Å²) >= 11 is 0. The van der Waals surface area contributed by atoms with Crippen LogP contribution in [-0.2, 0) is 11.3 Å². The highest BCUT2D eigenvalue weighted by molar-refractivity contribution is 5.89. The first kappa shape index (κ1) is 20.4. The van der Waals surface area contributed by atoms with E-state index in [1.807, 2.05) is 30.3 Å². The van der Waals surface area contributed by atoms with Gasteiger partial charge in [-0.3, -0.25) is 0 Å². The Hall–Kier alpha value is -2.90. The van der Waals surface area contributed by atoms with E-state index in [9.17, 15) is 24.9 Å². The molecule has 2 aromatic rings. The van der Waals surface area contributed by atoms with Crippen LogP contribution >= 0.6 is 0 Å². The maximum absolute atomic E-state index is 11.7. The molecule has 0 spiro atoms. The number of carboxylic acid groups (broad SMARTS) is 1. The van der Waals surface area contributed by atoms with Crippen molar-refractivity contribution >= 4 is 12.1 Å². The second-order valence-electron chi connectivity index (χ2n) is 6.19. The zero-order valence-electron chi connectivity index (χ0n) is 15.0. The van der Waals surface area contributed by atoms with Gasteiger partial charge in [-0.15, -0.1) is 0 Å². The van der Waals surface area contributed by atoms with Crippen molar-refractivity contribution in [1.82, 2.24) is 5.32 Å². The van der Waals surface area contributed by atoms with Gasteiger partial charge in [0.05, 0.1) is 11.7 Å². The number of hydrogen-bond donors (Lipinski definition) is 4. The van der Waals surface area contributed by atoms with Gasteiger partial charge in [0.15, 0.2) is 0 Å². The predicted octanol–water partition coefficient (Wildman–Crippen LogP) is 2.40. The van der Waals surface area contributed by atoms with Crippen LogP contribution in [0, 0.1) is 6.92 Å². The van der Waals surface area contributed by atoms with Gasteiger partial charge < -0.3 is 25.4 Å². The minimum absolute atomic E-state index is 0.0362. The van der Waals surface area contributed by atoms with Crippen molar-refractivity contribution in [1.29, 1.82) is 0 Å². The van der Waals surface area contributed by atoms with Gasteiger partial charge in [-0.05, 0) is 30.5 Å². The molecule has 1 amide bonds. The fourth-order valence-electron chi connectivity index (χ4n) is 2.57.